The van der Waals surface area contributed by atoms with E-state index in [-0.39, 0.29) is 24.3 Å². The number of carboxylic acids is 1. The first kappa shape index (κ1) is 12.9. The molecule has 2 aliphatic rings. The van der Waals surface area contributed by atoms with Crippen LogP contribution in [0.3, 0.4) is 0 Å². The van der Waals surface area contributed by atoms with Gasteiger partial charge in [0.1, 0.15) is 6.04 Å². The third-order valence-corrected chi connectivity index (χ3v) is 3.61. The first-order valence-electron chi connectivity index (χ1n) is 6.39. The minimum absolute atomic E-state index is 0.00753. The van der Waals surface area contributed by atoms with E-state index in [9.17, 15) is 14.4 Å². The summed E-state index contributed by atoms with van der Waals surface area (Å²) in [6.07, 6.45) is 3.49. The van der Waals surface area contributed by atoms with Gasteiger partial charge in [0.25, 0.3) is 0 Å². The minimum atomic E-state index is -0.879. The number of rotatable bonds is 3. The van der Waals surface area contributed by atoms with E-state index in [1.165, 1.54) is 0 Å². The lowest BCUT2D eigenvalue weighted by molar-refractivity contribution is -0.143. The number of piperidine rings is 1. The molecule has 0 spiro atoms. The summed E-state index contributed by atoms with van der Waals surface area (Å²) in [5, 5.41) is 11.5. The SMILES string of the molecule is O=C(O)CC1CCCCN1C(=O)[C@@H]1CCC(=O)N1. The van der Waals surface area contributed by atoms with Gasteiger partial charge in [-0.05, 0) is 25.7 Å². The van der Waals surface area contributed by atoms with Crippen LogP contribution in [-0.2, 0) is 14.4 Å². The first-order valence-corrected chi connectivity index (χ1v) is 6.39. The standard InChI is InChI=1S/C12H18N2O4/c15-10-5-4-9(13-10)12(18)14-6-2-1-3-8(14)7-11(16)17/h8-9H,1-7H2,(H,13,15)(H,16,17)/t8?,9-/m0/s1. The Morgan fingerprint density at radius 3 is 2.72 bits per heavy atom. The lowest BCUT2D eigenvalue weighted by Crippen LogP contribution is -2.51. The zero-order chi connectivity index (χ0) is 13.1. The van der Waals surface area contributed by atoms with Crippen LogP contribution in [0.1, 0.15) is 38.5 Å². The number of carbonyl (C=O) groups is 3. The Morgan fingerprint density at radius 2 is 2.11 bits per heavy atom. The molecule has 0 saturated carbocycles. The van der Waals surface area contributed by atoms with Gasteiger partial charge in [-0.3, -0.25) is 14.4 Å². The monoisotopic (exact) mass is 254 g/mol. The summed E-state index contributed by atoms with van der Waals surface area (Å²) in [6, 6.07) is -0.673. The van der Waals surface area contributed by atoms with E-state index in [4.69, 9.17) is 5.11 Å². The second kappa shape index (κ2) is 5.37. The minimum Gasteiger partial charge on any atom is -0.481 e. The van der Waals surface area contributed by atoms with Crippen LogP contribution in [0, 0.1) is 0 Å². The van der Waals surface area contributed by atoms with Crippen LogP contribution in [-0.4, -0.2) is 46.4 Å². The van der Waals surface area contributed by atoms with E-state index in [1.807, 2.05) is 0 Å². The maximum Gasteiger partial charge on any atom is 0.305 e. The molecule has 18 heavy (non-hydrogen) atoms. The van der Waals surface area contributed by atoms with Crippen LogP contribution in [0.4, 0.5) is 0 Å². The number of carbonyl (C=O) groups excluding carboxylic acids is 2. The largest absolute Gasteiger partial charge is 0.481 e. The Balaban J connectivity index is 2.01. The quantitative estimate of drug-likeness (QED) is 0.749. The first-order chi connectivity index (χ1) is 8.58. The van der Waals surface area contributed by atoms with E-state index in [2.05, 4.69) is 5.32 Å². The summed E-state index contributed by atoms with van der Waals surface area (Å²) in [5.41, 5.74) is 0. The van der Waals surface area contributed by atoms with Gasteiger partial charge in [-0.2, -0.15) is 0 Å². The molecule has 2 aliphatic heterocycles. The van der Waals surface area contributed by atoms with Crippen molar-refractivity contribution in [2.45, 2.75) is 50.6 Å². The van der Waals surface area contributed by atoms with E-state index >= 15 is 0 Å². The molecule has 6 heteroatoms. The zero-order valence-corrected chi connectivity index (χ0v) is 10.2. The van der Waals surface area contributed by atoms with Gasteiger partial charge in [0, 0.05) is 19.0 Å². The van der Waals surface area contributed by atoms with Gasteiger partial charge in [0.05, 0.1) is 6.42 Å². The molecule has 0 aromatic heterocycles. The van der Waals surface area contributed by atoms with E-state index < -0.39 is 12.0 Å². The molecular weight excluding hydrogens is 236 g/mol. The summed E-state index contributed by atoms with van der Waals surface area (Å²) < 4.78 is 0. The van der Waals surface area contributed by atoms with Crippen molar-refractivity contribution in [1.29, 1.82) is 0 Å². The van der Waals surface area contributed by atoms with Gasteiger partial charge < -0.3 is 15.3 Å². The van der Waals surface area contributed by atoms with E-state index in [1.54, 1.807) is 4.90 Å². The van der Waals surface area contributed by atoms with Crippen molar-refractivity contribution in [3.8, 4) is 0 Å². The van der Waals surface area contributed by atoms with Crippen LogP contribution in [0.5, 0.6) is 0 Å². The molecular formula is C12H18N2O4. The summed E-state index contributed by atoms with van der Waals surface area (Å²) in [6.45, 7) is 0.600. The van der Waals surface area contributed by atoms with Crippen molar-refractivity contribution in [3.05, 3.63) is 0 Å². The maximum absolute atomic E-state index is 12.3. The normalized spacial score (nSPS) is 28.0. The molecule has 0 aliphatic carbocycles. The van der Waals surface area contributed by atoms with Crippen molar-refractivity contribution in [1.82, 2.24) is 10.2 Å². The zero-order valence-electron chi connectivity index (χ0n) is 10.2. The highest BCUT2D eigenvalue weighted by atomic mass is 16.4. The molecule has 2 amide bonds. The fourth-order valence-electron chi connectivity index (χ4n) is 2.70. The fourth-order valence-corrected chi connectivity index (χ4v) is 2.70. The molecule has 0 bridgehead atoms. The molecule has 2 saturated heterocycles. The topological polar surface area (TPSA) is 86.7 Å². The van der Waals surface area contributed by atoms with Crippen LogP contribution in [0.25, 0.3) is 0 Å². The Hall–Kier alpha value is -1.59. The molecule has 0 radical (unpaired) electrons. The number of likely N-dealkylation sites (tertiary alicyclic amines) is 1. The van der Waals surface area contributed by atoms with Crippen molar-refractivity contribution in [2.75, 3.05) is 6.54 Å². The second-order valence-corrected chi connectivity index (χ2v) is 4.94. The predicted octanol–water partition coefficient (Wildman–Crippen LogP) is 0.121. The number of hydrogen-bond donors (Lipinski definition) is 2. The van der Waals surface area contributed by atoms with E-state index in [0.717, 1.165) is 19.3 Å². The highest BCUT2D eigenvalue weighted by Gasteiger charge is 2.35. The molecule has 2 N–H and O–H groups in total. The molecule has 0 aromatic carbocycles. The molecule has 100 valence electrons. The summed E-state index contributed by atoms with van der Waals surface area (Å²) in [5.74, 6) is -1.10. The van der Waals surface area contributed by atoms with Crippen molar-refractivity contribution in [3.63, 3.8) is 0 Å². The smallest absolute Gasteiger partial charge is 0.305 e. The number of nitrogens with zero attached hydrogens (tertiary/aromatic N) is 1. The van der Waals surface area contributed by atoms with E-state index in [0.29, 0.717) is 19.4 Å². The van der Waals surface area contributed by atoms with Gasteiger partial charge in [-0.15, -0.1) is 0 Å². The van der Waals surface area contributed by atoms with Gasteiger partial charge in [0.15, 0.2) is 0 Å². The number of amides is 2. The fraction of sp³-hybridized carbons (Fsp3) is 0.750. The molecule has 1 unspecified atom stereocenters. The van der Waals surface area contributed by atoms with Gasteiger partial charge in [-0.25, -0.2) is 0 Å². The Kier molecular flexibility index (Phi) is 3.84. The van der Waals surface area contributed by atoms with Crippen LogP contribution >= 0.6 is 0 Å². The predicted molar refractivity (Wildman–Crippen MR) is 62.8 cm³/mol. The highest BCUT2D eigenvalue weighted by Crippen LogP contribution is 2.22. The Morgan fingerprint density at radius 1 is 1.33 bits per heavy atom. The summed E-state index contributed by atoms with van der Waals surface area (Å²) in [4.78, 5) is 35.8. The van der Waals surface area contributed by atoms with Crippen molar-refractivity contribution < 1.29 is 19.5 Å². The highest BCUT2D eigenvalue weighted by molar-refractivity contribution is 5.91. The van der Waals surface area contributed by atoms with Crippen LogP contribution in [0.2, 0.25) is 0 Å². The average molecular weight is 254 g/mol. The molecule has 0 aromatic rings. The molecule has 6 nitrogen and oxygen atoms in total. The number of nitrogens with one attached hydrogen (secondary N) is 1. The molecule has 2 rings (SSSR count). The van der Waals surface area contributed by atoms with Gasteiger partial charge in [0.2, 0.25) is 11.8 Å². The Bertz CT molecular complexity index is 369. The molecule has 2 fully saturated rings. The van der Waals surface area contributed by atoms with Crippen LogP contribution < -0.4 is 5.32 Å². The number of aliphatic carboxylic acids is 1. The second-order valence-electron chi connectivity index (χ2n) is 4.94. The lowest BCUT2D eigenvalue weighted by Gasteiger charge is -2.36. The lowest BCUT2D eigenvalue weighted by atomic mass is 9.98. The average Bonchev–Trinajstić information content (AvgIpc) is 2.75. The van der Waals surface area contributed by atoms with Crippen molar-refractivity contribution >= 4 is 17.8 Å². The van der Waals surface area contributed by atoms with Gasteiger partial charge in [-0.1, -0.05) is 0 Å². The third kappa shape index (κ3) is 2.80. The molecule has 2 heterocycles. The van der Waals surface area contributed by atoms with Gasteiger partial charge >= 0.3 is 5.97 Å². The Labute approximate surface area is 105 Å². The number of hydrogen-bond acceptors (Lipinski definition) is 3. The molecule has 2 atom stereocenters. The van der Waals surface area contributed by atoms with Crippen LogP contribution in [0.15, 0.2) is 0 Å². The summed E-state index contributed by atoms with van der Waals surface area (Å²) >= 11 is 0. The number of carboxylic acid groups (broad SMARTS) is 1. The maximum atomic E-state index is 12.3. The summed E-state index contributed by atoms with van der Waals surface area (Å²) in [7, 11) is 0. The van der Waals surface area contributed by atoms with Crippen molar-refractivity contribution in [2.24, 2.45) is 0 Å². The third-order valence-electron chi connectivity index (χ3n) is 3.61.